The standard InChI is InChI=1S/5BH4.B.Zn/h5*1H4;;/q5*-1;+3;+2. The molecule has 0 bridgehead atoms. The van der Waals surface area contributed by atoms with Gasteiger partial charge < -0.3 is 0 Å². The molecule has 7 heavy (non-hydrogen) atoms. The van der Waals surface area contributed by atoms with Gasteiger partial charge >= 0.3 is 27.9 Å². The molecule has 0 rings (SSSR count). The Kier molecular flexibility index (Phi) is 13600. The van der Waals surface area contributed by atoms with Crippen LogP contribution in [0.3, 0.4) is 0 Å². The van der Waals surface area contributed by atoms with Crippen LogP contribution in [-0.2, 0) is 19.5 Å². The molecule has 0 nitrogen and oxygen atoms in total. The minimum absolute atomic E-state index is 0. The molecule has 0 aliphatic rings. The largest absolute Gasteiger partial charge is 3.00 e. The second-order valence-corrected chi connectivity index (χ2v) is 0. The van der Waals surface area contributed by atoms with Gasteiger partial charge in [-0.05, 0) is 0 Å². The fourth-order valence-corrected chi connectivity index (χ4v) is 0. The summed E-state index contributed by atoms with van der Waals surface area (Å²) in [6.07, 6.45) is 0. The number of rotatable bonds is 0. The number of hydrogen-bond donors (Lipinski definition) is 0. The molecule has 40 valence electrons. The first-order valence-electron chi connectivity index (χ1n) is 0. The van der Waals surface area contributed by atoms with E-state index < -0.39 is 0 Å². The van der Waals surface area contributed by atoms with E-state index in [0.717, 1.165) is 0 Å². The summed E-state index contributed by atoms with van der Waals surface area (Å²) >= 11 is 0. The Morgan fingerprint density at radius 3 is 0.429 bits per heavy atom. The van der Waals surface area contributed by atoms with Gasteiger partial charge in [-0.25, -0.2) is 0 Å². The average Bonchev–Trinajstić information content (AvgIpc) is 0. The molecule has 0 aromatic rings. The fraction of sp³-hybridized carbons (Fsp3) is 0. The zero-order valence-corrected chi connectivity index (χ0v) is 4.25. The molecule has 0 radical (unpaired) electrons. The second-order valence-electron chi connectivity index (χ2n) is 0. The maximum absolute atomic E-state index is 0. The first-order chi connectivity index (χ1) is 0. The molecule has 0 atom stereocenters. The van der Waals surface area contributed by atoms with Crippen LogP contribution in [0.1, 0.15) is 0 Å². The third kappa shape index (κ3) is 172. The summed E-state index contributed by atoms with van der Waals surface area (Å²) in [4.78, 5) is 0. The van der Waals surface area contributed by atoms with Gasteiger partial charge in [-0.3, -0.25) is 0 Å². The predicted octanol–water partition coefficient (Wildman–Crippen LogP) is -7.64. The van der Waals surface area contributed by atoms with E-state index in [-0.39, 0.29) is 70.0 Å². The summed E-state index contributed by atoms with van der Waals surface area (Å²) < 4.78 is 0. The van der Waals surface area contributed by atoms with Gasteiger partial charge in [0.25, 0.3) is 0 Å². The summed E-state index contributed by atoms with van der Waals surface area (Å²) in [5.74, 6) is 0. The molecule has 0 aromatic carbocycles. The van der Waals surface area contributed by atoms with Crippen molar-refractivity contribution in [3.05, 3.63) is 0 Å². The van der Waals surface area contributed by atoms with Crippen LogP contribution in [0.4, 0.5) is 0 Å². The second kappa shape index (κ2) is 247. The smallest absolute Gasteiger partial charge is 0.0626 e. The van der Waals surface area contributed by atoms with Gasteiger partial charge in [-0.15, -0.1) is 0 Å². The van der Waals surface area contributed by atoms with E-state index in [1.807, 2.05) is 0 Å². The van der Waals surface area contributed by atoms with Crippen molar-refractivity contribution in [2.75, 3.05) is 0 Å². The summed E-state index contributed by atoms with van der Waals surface area (Å²) in [5.41, 5.74) is 0. The average molecular weight is 150 g/mol. The molecule has 0 saturated heterocycles. The van der Waals surface area contributed by atoms with Gasteiger partial charge in [0.1, 0.15) is 0 Å². The van der Waals surface area contributed by atoms with Crippen molar-refractivity contribution in [2.45, 2.75) is 0 Å². The molecule has 0 saturated carbocycles. The topological polar surface area (TPSA) is 0 Å². The number of hydrogen-bond acceptors (Lipinski definition) is 0. The Morgan fingerprint density at radius 2 is 0.429 bits per heavy atom. The van der Waals surface area contributed by atoms with E-state index in [2.05, 4.69) is 0 Å². The Hall–Kier alpha value is 1.01. The van der Waals surface area contributed by atoms with E-state index in [9.17, 15) is 0 Å². The normalized spacial score (nSPS) is 0. The van der Waals surface area contributed by atoms with E-state index in [0.29, 0.717) is 0 Å². The molecule has 7 heteroatoms. The molecule has 0 N–H and O–H groups in total. The van der Waals surface area contributed by atoms with Gasteiger partial charge in [0, 0.05) is 0 Å². The minimum Gasteiger partial charge on any atom is -0.0626 e. The van der Waals surface area contributed by atoms with Crippen molar-refractivity contribution in [3.8, 4) is 0 Å². The molecule has 0 amide bonds. The van der Waals surface area contributed by atoms with Crippen molar-refractivity contribution in [1.82, 2.24) is 0 Å². The van der Waals surface area contributed by atoms with E-state index in [1.165, 1.54) is 0 Å². The zero-order chi connectivity index (χ0) is 0. The van der Waals surface area contributed by atoms with Gasteiger partial charge in [0.2, 0.25) is 0 Å². The maximum Gasteiger partial charge on any atom is 3.00 e. The van der Waals surface area contributed by atoms with E-state index in [1.54, 1.807) is 0 Å². The molecule has 0 aromatic heterocycles. The molecular formula is H20B6Zn. The molecule has 0 aliphatic heterocycles. The fourth-order valence-electron chi connectivity index (χ4n) is 0. The molecule has 0 spiro atoms. The monoisotopic (exact) mass is 150 g/mol. The molecule has 0 heterocycles. The van der Waals surface area contributed by atoms with Crippen LogP contribution in [0.25, 0.3) is 0 Å². The third-order valence-corrected chi connectivity index (χ3v) is 0. The molecule has 0 aliphatic carbocycles. The molecular weight excluding hydrogens is 130 g/mol. The van der Waals surface area contributed by atoms with Crippen molar-refractivity contribution < 1.29 is 19.5 Å². The minimum atomic E-state index is 0. The Labute approximate surface area is 70.2 Å². The summed E-state index contributed by atoms with van der Waals surface area (Å²) in [6.45, 7) is 0. The van der Waals surface area contributed by atoms with Gasteiger partial charge in [-0.1, -0.05) is 42.1 Å². The Balaban J connectivity index is 0. The van der Waals surface area contributed by atoms with Crippen molar-refractivity contribution in [1.29, 1.82) is 0 Å². The Morgan fingerprint density at radius 1 is 0.429 bits per heavy atom. The van der Waals surface area contributed by atoms with Crippen molar-refractivity contribution >= 4 is 50.5 Å². The van der Waals surface area contributed by atoms with Crippen LogP contribution in [0.5, 0.6) is 0 Å². The first kappa shape index (κ1) is 384. The van der Waals surface area contributed by atoms with Gasteiger partial charge in [-0.2, -0.15) is 0 Å². The van der Waals surface area contributed by atoms with E-state index in [4.69, 9.17) is 0 Å². The summed E-state index contributed by atoms with van der Waals surface area (Å²) in [7, 11) is 0. The van der Waals surface area contributed by atoms with Crippen LogP contribution in [0.15, 0.2) is 0 Å². The van der Waals surface area contributed by atoms with Crippen molar-refractivity contribution in [2.24, 2.45) is 0 Å². The predicted molar refractivity (Wildman–Crippen MR) is 62.4 cm³/mol. The van der Waals surface area contributed by atoms with Gasteiger partial charge in [0.05, 0.1) is 0 Å². The van der Waals surface area contributed by atoms with Gasteiger partial charge in [0.15, 0.2) is 0 Å². The van der Waals surface area contributed by atoms with Crippen LogP contribution >= 0.6 is 0 Å². The van der Waals surface area contributed by atoms with Crippen LogP contribution in [0, 0.1) is 0 Å². The molecule has 0 unspecified atom stereocenters. The van der Waals surface area contributed by atoms with Crippen molar-refractivity contribution in [3.63, 3.8) is 0 Å². The SMILES string of the molecule is [B+3].[BH4-].[BH4-].[BH4-].[BH4-].[BH4-].[Zn+2]. The Bertz CT molecular complexity index is 4.14. The molecule has 0 fully saturated rings. The van der Waals surface area contributed by atoms with Crippen LogP contribution < -0.4 is 0 Å². The zero-order valence-electron chi connectivity index (χ0n) is 1.28. The van der Waals surface area contributed by atoms with Crippen LogP contribution in [-0.4, -0.2) is 50.5 Å². The van der Waals surface area contributed by atoms with E-state index >= 15 is 0 Å². The van der Waals surface area contributed by atoms with Crippen LogP contribution in [0.2, 0.25) is 0 Å². The maximum atomic E-state index is 0. The summed E-state index contributed by atoms with van der Waals surface area (Å²) in [6, 6.07) is 0. The summed E-state index contributed by atoms with van der Waals surface area (Å²) in [5, 5.41) is 0. The quantitative estimate of drug-likeness (QED) is 0.301. The first-order valence-corrected chi connectivity index (χ1v) is 0. The third-order valence-electron chi connectivity index (χ3n) is 0.